The molecule has 0 aromatic heterocycles. The molecule has 264 valence electrons. The highest BCUT2D eigenvalue weighted by atomic mass is 16.7. The van der Waals surface area contributed by atoms with Gasteiger partial charge in [-0.1, -0.05) is 27.7 Å². The van der Waals surface area contributed by atoms with Crippen molar-refractivity contribution in [1.29, 1.82) is 0 Å². The van der Waals surface area contributed by atoms with Gasteiger partial charge in [0, 0.05) is 31.8 Å². The van der Waals surface area contributed by atoms with Crippen molar-refractivity contribution in [3.05, 3.63) is 0 Å². The maximum atomic E-state index is 14.1. The molecule has 2 N–H and O–H groups in total. The van der Waals surface area contributed by atoms with E-state index in [1.165, 1.54) is 14.0 Å². The molecule has 0 radical (unpaired) electrons. The summed E-state index contributed by atoms with van der Waals surface area (Å²) in [6, 6.07) is -1.01. The van der Waals surface area contributed by atoms with Crippen LogP contribution in [-0.2, 0) is 42.8 Å². The van der Waals surface area contributed by atoms with E-state index in [1.807, 2.05) is 25.9 Å². The Bertz CT molecular complexity index is 1120. The number of likely N-dealkylation sites (N-methyl/N-ethyl adjacent to an activating group) is 1. The molecule has 13 nitrogen and oxygen atoms in total. The average Bonchev–Trinajstić information content (AvgIpc) is 3.30. The molecule has 3 heterocycles. The van der Waals surface area contributed by atoms with E-state index in [1.54, 1.807) is 48.5 Å². The zero-order valence-corrected chi connectivity index (χ0v) is 29.5. The largest absolute Gasteiger partial charge is 0.458 e. The number of Topliss-reactive ketones (excluding diaryl/α,β-unsaturated/α-hetero) is 1. The maximum absolute atomic E-state index is 14.1. The van der Waals surface area contributed by atoms with E-state index < -0.39 is 89.7 Å². The van der Waals surface area contributed by atoms with Gasteiger partial charge in [0.25, 0.3) is 0 Å². The minimum absolute atomic E-state index is 0.156. The first-order valence-corrected chi connectivity index (χ1v) is 16.4. The second kappa shape index (κ2) is 14.8. The van der Waals surface area contributed by atoms with Gasteiger partial charge in [0.1, 0.15) is 11.9 Å². The number of ketones is 1. The Hall–Kier alpha value is -2.32. The fraction of sp³-hybridized carbons (Fsp3) is 0.879. The smallest absolute Gasteiger partial charge is 0.408 e. The zero-order chi connectivity index (χ0) is 34.9. The molecule has 13 heteroatoms. The minimum atomic E-state index is -1.32. The predicted octanol–water partition coefficient (Wildman–Crippen LogP) is 2.84. The summed E-state index contributed by atoms with van der Waals surface area (Å²) in [7, 11) is 5.27. The van der Waals surface area contributed by atoms with Crippen molar-refractivity contribution in [2.24, 2.45) is 23.7 Å². The molecule has 3 rings (SSSR count). The van der Waals surface area contributed by atoms with E-state index in [4.69, 9.17) is 28.4 Å². The molecular formula is C33H56N2O11. The number of hydrogen-bond acceptors (Lipinski definition) is 12. The number of rotatable bonds is 6. The number of hydrogen-bond donors (Lipinski definition) is 2. The highest BCUT2D eigenvalue weighted by Crippen LogP contribution is 2.41. The molecule has 3 aliphatic heterocycles. The molecule has 0 aromatic carbocycles. The third-order valence-corrected chi connectivity index (χ3v) is 10.4. The number of aliphatic hydroxyl groups is 1. The van der Waals surface area contributed by atoms with Crippen LogP contribution in [0.5, 0.6) is 0 Å². The number of aliphatic hydroxyl groups excluding tert-OH is 1. The molecule has 0 aromatic rings. The van der Waals surface area contributed by atoms with Crippen LogP contribution in [0, 0.1) is 23.7 Å². The molecule has 0 spiro atoms. The normalized spacial score (nSPS) is 44.4. The summed E-state index contributed by atoms with van der Waals surface area (Å²) in [6.45, 7) is 15.3. The number of amides is 1. The number of cyclic esters (lactones) is 1. The number of fused-ring (bicyclic) bond motifs is 1. The van der Waals surface area contributed by atoms with Gasteiger partial charge in [0.05, 0.1) is 41.9 Å². The first-order valence-electron chi connectivity index (χ1n) is 16.4. The number of carbonyl (C=O) groups excluding carboxylic acids is 4. The number of esters is 2. The third kappa shape index (κ3) is 7.69. The van der Waals surface area contributed by atoms with Crippen LogP contribution in [0.4, 0.5) is 4.79 Å². The van der Waals surface area contributed by atoms with Gasteiger partial charge in [-0.3, -0.25) is 14.4 Å². The van der Waals surface area contributed by atoms with Crippen molar-refractivity contribution in [3.8, 4) is 0 Å². The molecule has 0 unspecified atom stereocenters. The van der Waals surface area contributed by atoms with Crippen LogP contribution < -0.4 is 5.32 Å². The fourth-order valence-electron chi connectivity index (χ4n) is 7.64. The molecule has 0 aliphatic carbocycles. The monoisotopic (exact) mass is 656 g/mol. The Morgan fingerprint density at radius 3 is 2.26 bits per heavy atom. The lowest BCUT2D eigenvalue weighted by Crippen LogP contribution is -2.61. The van der Waals surface area contributed by atoms with Crippen molar-refractivity contribution >= 4 is 23.8 Å². The molecule has 46 heavy (non-hydrogen) atoms. The Balaban J connectivity index is 2.12. The van der Waals surface area contributed by atoms with Gasteiger partial charge in [-0.15, -0.1) is 0 Å². The number of methoxy groups -OCH3 is 1. The quantitative estimate of drug-likeness (QED) is 0.319. The van der Waals surface area contributed by atoms with E-state index in [0.29, 0.717) is 12.8 Å². The second-order valence-corrected chi connectivity index (χ2v) is 14.2. The van der Waals surface area contributed by atoms with Crippen LogP contribution in [0.1, 0.15) is 81.6 Å². The number of alkyl carbamates (subject to hydrolysis) is 1. The molecule has 3 saturated heterocycles. The lowest BCUT2D eigenvalue weighted by Gasteiger charge is -2.48. The van der Waals surface area contributed by atoms with Gasteiger partial charge in [-0.25, -0.2) is 4.79 Å². The van der Waals surface area contributed by atoms with Crippen molar-refractivity contribution in [3.63, 3.8) is 0 Å². The molecule has 3 aliphatic rings. The van der Waals surface area contributed by atoms with Gasteiger partial charge < -0.3 is 43.7 Å². The molecule has 3 fully saturated rings. The molecular weight excluding hydrogens is 600 g/mol. The third-order valence-electron chi connectivity index (χ3n) is 10.4. The van der Waals surface area contributed by atoms with Crippen LogP contribution in [0.2, 0.25) is 0 Å². The van der Waals surface area contributed by atoms with Gasteiger partial charge in [0.15, 0.2) is 18.0 Å². The standard InChI is InChI=1S/C33H56N2O11/c1-13-23-33(9)27(34-31(40)46-33)18(4)24(37)16(2)15-32(8,41-12)28(19(5)25(38)20(6)29(39)44-23)45-30-26(43-21(7)36)22(35(10)11)14-17(3)42-30/h16-20,22-23,25-28,30,38H,13-15H2,1-12H3,(H,34,40)/t16-,17-,18+,19+,20-,22+,23-,25+,26-,27-,28-,30+,32+,33-/m1/s1. The summed E-state index contributed by atoms with van der Waals surface area (Å²) in [6.07, 6.45) is -4.88. The van der Waals surface area contributed by atoms with Crippen molar-refractivity contribution in [2.75, 3.05) is 21.2 Å². The van der Waals surface area contributed by atoms with E-state index in [0.717, 1.165) is 0 Å². The first kappa shape index (κ1) is 38.1. The van der Waals surface area contributed by atoms with Crippen LogP contribution in [0.15, 0.2) is 0 Å². The van der Waals surface area contributed by atoms with Gasteiger partial charge in [-0.05, 0) is 61.1 Å². The topological polar surface area (TPSA) is 159 Å². The summed E-state index contributed by atoms with van der Waals surface area (Å²) in [4.78, 5) is 54.4. The number of ether oxygens (including phenoxy) is 6. The van der Waals surface area contributed by atoms with Gasteiger partial charge in [0.2, 0.25) is 0 Å². The first-order chi connectivity index (χ1) is 21.3. The Labute approximate surface area is 273 Å². The van der Waals surface area contributed by atoms with Gasteiger partial charge in [-0.2, -0.15) is 0 Å². The summed E-state index contributed by atoms with van der Waals surface area (Å²) in [5, 5.41) is 14.5. The number of nitrogens with one attached hydrogen (secondary N) is 1. The van der Waals surface area contributed by atoms with E-state index in [-0.39, 0.29) is 24.3 Å². The lowest BCUT2D eigenvalue weighted by molar-refractivity contribution is -0.303. The SMILES string of the molecule is CC[C@H]1OC(=O)[C@H](C)[C@@H](O)[C@H](C)[C@@H](O[C@@H]2O[C@H](C)C[C@H](N(C)C)[C@H]2OC(C)=O)[C@@](C)(OC)C[C@@H](C)C(=O)[C@H](C)[C@H]2NC(=O)O[C@@]21C. The summed E-state index contributed by atoms with van der Waals surface area (Å²) < 4.78 is 36.5. The Morgan fingerprint density at radius 2 is 1.72 bits per heavy atom. The van der Waals surface area contributed by atoms with Crippen LogP contribution in [-0.4, -0.2) is 115 Å². The Kier molecular flexibility index (Phi) is 12.3. The second-order valence-electron chi connectivity index (χ2n) is 14.2. The van der Waals surface area contributed by atoms with E-state index >= 15 is 0 Å². The molecule has 0 saturated carbocycles. The van der Waals surface area contributed by atoms with Crippen LogP contribution >= 0.6 is 0 Å². The minimum Gasteiger partial charge on any atom is -0.458 e. The van der Waals surface area contributed by atoms with Crippen molar-refractivity contribution in [1.82, 2.24) is 10.2 Å². The fourth-order valence-corrected chi connectivity index (χ4v) is 7.64. The summed E-state index contributed by atoms with van der Waals surface area (Å²) in [5.74, 6) is -4.43. The van der Waals surface area contributed by atoms with Crippen LogP contribution in [0.25, 0.3) is 0 Å². The van der Waals surface area contributed by atoms with Crippen LogP contribution in [0.3, 0.4) is 0 Å². The van der Waals surface area contributed by atoms with Crippen molar-refractivity contribution in [2.45, 2.75) is 142 Å². The van der Waals surface area contributed by atoms with Crippen molar-refractivity contribution < 1.29 is 52.7 Å². The van der Waals surface area contributed by atoms with E-state index in [9.17, 15) is 24.3 Å². The highest BCUT2D eigenvalue weighted by molar-refractivity contribution is 5.85. The average molecular weight is 657 g/mol. The zero-order valence-electron chi connectivity index (χ0n) is 29.5. The highest BCUT2D eigenvalue weighted by Gasteiger charge is 2.57. The maximum Gasteiger partial charge on any atom is 0.408 e. The summed E-state index contributed by atoms with van der Waals surface area (Å²) in [5.41, 5.74) is -2.53. The predicted molar refractivity (Wildman–Crippen MR) is 167 cm³/mol. The molecule has 0 bridgehead atoms. The lowest BCUT2D eigenvalue weighted by atomic mass is 9.73. The Morgan fingerprint density at radius 1 is 1.09 bits per heavy atom. The van der Waals surface area contributed by atoms with Gasteiger partial charge >= 0.3 is 18.0 Å². The number of nitrogens with zero attached hydrogens (tertiary/aromatic N) is 1. The summed E-state index contributed by atoms with van der Waals surface area (Å²) >= 11 is 0. The molecule has 14 atom stereocenters. The number of carbonyl (C=O) groups is 4. The molecule has 1 amide bonds. The van der Waals surface area contributed by atoms with E-state index in [2.05, 4.69) is 5.32 Å².